The molecule has 0 aliphatic rings. The van der Waals surface area contributed by atoms with E-state index >= 15 is 0 Å². The van der Waals surface area contributed by atoms with Crippen LogP contribution in [0, 0.1) is 0 Å². The molecule has 0 radical (unpaired) electrons. The van der Waals surface area contributed by atoms with Crippen LogP contribution in [0.3, 0.4) is 0 Å². The molecular weight excluding hydrogens is 228 g/mol. The van der Waals surface area contributed by atoms with Gasteiger partial charge in [-0.25, -0.2) is 0 Å². The lowest BCUT2D eigenvalue weighted by Crippen LogP contribution is -1.96. The lowest BCUT2D eigenvalue weighted by molar-refractivity contribution is -0.136. The number of carbonyl (C=O) groups is 1. The highest BCUT2D eigenvalue weighted by Crippen LogP contribution is 2.19. The van der Waals surface area contributed by atoms with Crippen LogP contribution in [0.1, 0.15) is 9.75 Å². The molecule has 0 bridgehead atoms. The second kappa shape index (κ2) is 3.88. The average molecular weight is 235 g/mol. The lowest BCUT2D eigenvalue weighted by atomic mass is 10.3. The SMILES string of the molecule is O=C(O)Cc1ccc(CBr)s1. The first kappa shape index (κ1) is 8.74. The minimum Gasteiger partial charge on any atom is -0.481 e. The third-order valence-electron chi connectivity index (χ3n) is 1.17. The summed E-state index contributed by atoms with van der Waals surface area (Å²) in [6, 6.07) is 3.80. The van der Waals surface area contributed by atoms with Crippen LogP contribution in [0.5, 0.6) is 0 Å². The molecule has 0 spiro atoms. The second-order valence-electron chi connectivity index (χ2n) is 2.07. The van der Waals surface area contributed by atoms with Crippen LogP contribution < -0.4 is 0 Å². The van der Waals surface area contributed by atoms with Gasteiger partial charge in [-0.15, -0.1) is 11.3 Å². The van der Waals surface area contributed by atoms with E-state index in [1.165, 1.54) is 16.2 Å². The molecule has 0 aliphatic heterocycles. The van der Waals surface area contributed by atoms with E-state index in [4.69, 9.17) is 5.11 Å². The summed E-state index contributed by atoms with van der Waals surface area (Å²) in [5, 5.41) is 9.25. The number of hydrogen-bond acceptors (Lipinski definition) is 2. The molecule has 0 saturated carbocycles. The van der Waals surface area contributed by atoms with E-state index in [0.29, 0.717) is 0 Å². The number of thiophene rings is 1. The highest BCUT2D eigenvalue weighted by atomic mass is 79.9. The normalized spacial score (nSPS) is 9.91. The Hall–Kier alpha value is -0.350. The predicted octanol–water partition coefficient (Wildman–Crippen LogP) is 2.27. The summed E-state index contributed by atoms with van der Waals surface area (Å²) in [5.74, 6) is -0.770. The fraction of sp³-hybridized carbons (Fsp3) is 0.286. The Balaban J connectivity index is 2.65. The number of rotatable bonds is 3. The Bertz CT molecular complexity index is 257. The maximum absolute atomic E-state index is 10.3. The Labute approximate surface area is 77.0 Å². The van der Waals surface area contributed by atoms with Crippen LogP contribution in [0.25, 0.3) is 0 Å². The average Bonchev–Trinajstić information content (AvgIpc) is 2.34. The summed E-state index contributed by atoms with van der Waals surface area (Å²) < 4.78 is 0. The van der Waals surface area contributed by atoms with Crippen molar-refractivity contribution in [3.05, 3.63) is 21.9 Å². The van der Waals surface area contributed by atoms with Crippen molar-refractivity contribution in [2.24, 2.45) is 0 Å². The van der Waals surface area contributed by atoms with Gasteiger partial charge in [-0.1, -0.05) is 15.9 Å². The van der Waals surface area contributed by atoms with Crippen LogP contribution >= 0.6 is 27.3 Å². The molecule has 1 aromatic heterocycles. The van der Waals surface area contributed by atoms with Crippen molar-refractivity contribution in [2.45, 2.75) is 11.8 Å². The quantitative estimate of drug-likeness (QED) is 0.816. The Morgan fingerprint density at radius 1 is 1.55 bits per heavy atom. The van der Waals surface area contributed by atoms with Crippen LogP contribution in [0.2, 0.25) is 0 Å². The van der Waals surface area contributed by atoms with Crippen molar-refractivity contribution in [1.29, 1.82) is 0 Å². The van der Waals surface area contributed by atoms with Gasteiger partial charge in [0.05, 0.1) is 6.42 Å². The Morgan fingerprint density at radius 3 is 2.64 bits per heavy atom. The number of carboxylic acid groups (broad SMARTS) is 1. The Kier molecular flexibility index (Phi) is 3.08. The number of halogens is 1. The first-order valence-electron chi connectivity index (χ1n) is 3.07. The van der Waals surface area contributed by atoms with E-state index < -0.39 is 5.97 Å². The smallest absolute Gasteiger partial charge is 0.308 e. The fourth-order valence-corrected chi connectivity index (χ4v) is 2.13. The van der Waals surface area contributed by atoms with E-state index in [1.54, 1.807) is 0 Å². The zero-order valence-electron chi connectivity index (χ0n) is 5.71. The first-order chi connectivity index (χ1) is 5.22. The first-order valence-corrected chi connectivity index (χ1v) is 5.01. The van der Waals surface area contributed by atoms with Gasteiger partial charge >= 0.3 is 5.97 Å². The lowest BCUT2D eigenvalue weighted by Gasteiger charge is -1.87. The Morgan fingerprint density at radius 2 is 2.18 bits per heavy atom. The highest BCUT2D eigenvalue weighted by Gasteiger charge is 2.02. The number of hydrogen-bond donors (Lipinski definition) is 1. The zero-order chi connectivity index (χ0) is 8.27. The molecule has 0 aromatic carbocycles. The summed E-state index contributed by atoms with van der Waals surface area (Å²) in [5.41, 5.74) is 0. The molecule has 1 heterocycles. The van der Waals surface area contributed by atoms with Crippen molar-refractivity contribution in [3.63, 3.8) is 0 Å². The van der Waals surface area contributed by atoms with Gasteiger partial charge in [0.1, 0.15) is 0 Å². The third-order valence-corrected chi connectivity index (χ3v) is 3.23. The molecule has 0 atom stereocenters. The fourth-order valence-electron chi connectivity index (χ4n) is 0.738. The number of alkyl halides is 1. The second-order valence-corrected chi connectivity index (χ2v) is 3.89. The van der Waals surface area contributed by atoms with Crippen molar-refractivity contribution in [2.75, 3.05) is 0 Å². The molecule has 1 N–H and O–H groups in total. The van der Waals surface area contributed by atoms with E-state index in [1.807, 2.05) is 12.1 Å². The zero-order valence-corrected chi connectivity index (χ0v) is 8.11. The molecule has 0 fully saturated rings. The standard InChI is InChI=1S/C7H7BrO2S/c8-4-6-2-1-5(11-6)3-7(9)10/h1-2H,3-4H2,(H,9,10). The number of carboxylic acids is 1. The molecule has 11 heavy (non-hydrogen) atoms. The molecular formula is C7H7BrO2S. The largest absolute Gasteiger partial charge is 0.481 e. The van der Waals surface area contributed by atoms with E-state index in [2.05, 4.69) is 15.9 Å². The molecule has 2 nitrogen and oxygen atoms in total. The van der Waals surface area contributed by atoms with Crippen LogP contribution in [0.15, 0.2) is 12.1 Å². The van der Waals surface area contributed by atoms with Crippen LogP contribution in [-0.4, -0.2) is 11.1 Å². The van der Waals surface area contributed by atoms with Gasteiger partial charge in [-0.3, -0.25) is 4.79 Å². The summed E-state index contributed by atoms with van der Waals surface area (Å²) in [7, 11) is 0. The molecule has 4 heteroatoms. The van der Waals surface area contributed by atoms with Crippen molar-refractivity contribution >= 4 is 33.2 Å². The molecule has 0 aliphatic carbocycles. The van der Waals surface area contributed by atoms with Crippen LogP contribution in [-0.2, 0) is 16.5 Å². The van der Waals surface area contributed by atoms with Gasteiger partial charge in [-0.05, 0) is 12.1 Å². The van der Waals surface area contributed by atoms with Gasteiger partial charge in [-0.2, -0.15) is 0 Å². The topological polar surface area (TPSA) is 37.3 Å². The molecule has 60 valence electrons. The molecule has 0 saturated heterocycles. The molecule has 1 aromatic rings. The van der Waals surface area contributed by atoms with Crippen molar-refractivity contribution in [1.82, 2.24) is 0 Å². The van der Waals surface area contributed by atoms with Gasteiger partial charge in [0.25, 0.3) is 0 Å². The molecule has 0 amide bonds. The van der Waals surface area contributed by atoms with Crippen LogP contribution in [0.4, 0.5) is 0 Å². The van der Waals surface area contributed by atoms with E-state index in [-0.39, 0.29) is 6.42 Å². The van der Waals surface area contributed by atoms with Gasteiger partial charge < -0.3 is 5.11 Å². The summed E-state index contributed by atoms with van der Waals surface area (Å²) in [4.78, 5) is 12.3. The van der Waals surface area contributed by atoms with Gasteiger partial charge in [0.2, 0.25) is 0 Å². The minimum atomic E-state index is -0.770. The minimum absolute atomic E-state index is 0.137. The monoisotopic (exact) mass is 234 g/mol. The maximum atomic E-state index is 10.3. The van der Waals surface area contributed by atoms with Gasteiger partial charge in [0.15, 0.2) is 0 Å². The van der Waals surface area contributed by atoms with Crippen molar-refractivity contribution in [3.8, 4) is 0 Å². The molecule has 0 unspecified atom stereocenters. The number of aliphatic carboxylic acids is 1. The predicted molar refractivity (Wildman–Crippen MR) is 48.3 cm³/mol. The molecule has 1 rings (SSSR count). The summed E-state index contributed by atoms with van der Waals surface area (Å²) >= 11 is 4.83. The summed E-state index contributed by atoms with van der Waals surface area (Å²) in [6.07, 6.45) is 0.137. The third kappa shape index (κ3) is 2.63. The van der Waals surface area contributed by atoms with Gasteiger partial charge in [0, 0.05) is 15.1 Å². The summed E-state index contributed by atoms with van der Waals surface area (Å²) in [6.45, 7) is 0. The van der Waals surface area contributed by atoms with Crippen molar-refractivity contribution < 1.29 is 9.90 Å². The maximum Gasteiger partial charge on any atom is 0.308 e. The highest BCUT2D eigenvalue weighted by molar-refractivity contribution is 9.08. The van der Waals surface area contributed by atoms with E-state index in [0.717, 1.165) is 10.2 Å². The van der Waals surface area contributed by atoms with E-state index in [9.17, 15) is 4.79 Å².